The Balaban J connectivity index is 1.28. The van der Waals surface area contributed by atoms with Crippen molar-refractivity contribution in [1.29, 1.82) is 0 Å². The molecular weight excluding hydrogens is 555 g/mol. The smallest absolute Gasteiger partial charge is 0.341 e. The van der Waals surface area contributed by atoms with Crippen molar-refractivity contribution in [3.05, 3.63) is 87.1 Å². The van der Waals surface area contributed by atoms with E-state index in [0.29, 0.717) is 50.8 Å². The molecule has 2 heterocycles. The van der Waals surface area contributed by atoms with E-state index in [4.69, 9.17) is 37.2 Å². The van der Waals surface area contributed by atoms with Crippen LogP contribution < -0.4 is 9.64 Å². The lowest BCUT2D eigenvalue weighted by Crippen LogP contribution is -2.30. The van der Waals surface area contributed by atoms with E-state index in [1.165, 1.54) is 24.1 Å². The summed E-state index contributed by atoms with van der Waals surface area (Å²) in [4.78, 5) is 26.3. The summed E-state index contributed by atoms with van der Waals surface area (Å²) in [5, 5.41) is 15.7. The van der Waals surface area contributed by atoms with Crippen LogP contribution in [0.2, 0.25) is 10.0 Å². The molecule has 1 aliphatic carbocycles. The van der Waals surface area contributed by atoms with Crippen molar-refractivity contribution in [2.75, 3.05) is 12.0 Å². The van der Waals surface area contributed by atoms with E-state index in [-0.39, 0.29) is 30.2 Å². The Labute approximate surface area is 240 Å². The second-order valence-electron chi connectivity index (χ2n) is 9.75. The zero-order chi connectivity index (χ0) is 28.0. The molecule has 0 radical (unpaired) electrons. The lowest BCUT2D eigenvalue weighted by Gasteiger charge is -2.30. The number of carbonyl (C=O) groups is 2. The molecule has 4 aromatic rings. The van der Waals surface area contributed by atoms with Gasteiger partial charge in [0, 0.05) is 24.0 Å². The maximum absolute atomic E-state index is 12.9. The normalized spacial score (nSPS) is 14.7. The van der Waals surface area contributed by atoms with Crippen LogP contribution in [0.4, 0.5) is 11.4 Å². The van der Waals surface area contributed by atoms with E-state index in [0.717, 1.165) is 29.7 Å². The fourth-order valence-corrected chi connectivity index (χ4v) is 5.56. The van der Waals surface area contributed by atoms with E-state index in [1.54, 1.807) is 30.3 Å². The quantitative estimate of drug-likeness (QED) is 0.231. The van der Waals surface area contributed by atoms with Crippen molar-refractivity contribution < 1.29 is 28.7 Å². The number of aryl methyl sites for hydroxylation is 1. The number of carbonyl (C=O) groups excluding carboxylic acids is 2. The van der Waals surface area contributed by atoms with Gasteiger partial charge in [-0.2, -0.15) is 0 Å². The Morgan fingerprint density at radius 3 is 2.58 bits per heavy atom. The Kier molecular flexibility index (Phi) is 6.90. The Bertz CT molecular complexity index is 1630. The van der Waals surface area contributed by atoms with Crippen LogP contribution in [0.1, 0.15) is 52.4 Å². The molecule has 1 aliphatic heterocycles. The summed E-state index contributed by atoms with van der Waals surface area (Å²) >= 11 is 13.0. The van der Waals surface area contributed by atoms with Crippen LogP contribution in [-0.4, -0.2) is 29.2 Å². The molecule has 0 bridgehead atoms. The summed E-state index contributed by atoms with van der Waals surface area (Å²) in [7, 11) is 1.24. The molecule has 0 atom stereocenters. The third kappa shape index (κ3) is 4.78. The number of ether oxygens (including phenoxy) is 2. The predicted octanol–water partition coefficient (Wildman–Crippen LogP) is 7.21. The number of aromatic hydroxyl groups is 1. The second kappa shape index (κ2) is 10.5. The minimum Gasteiger partial charge on any atom is -0.507 e. The van der Waals surface area contributed by atoms with Crippen LogP contribution in [0.5, 0.6) is 11.5 Å². The highest BCUT2D eigenvalue weighted by molar-refractivity contribution is 6.39. The minimum atomic E-state index is -0.658. The maximum atomic E-state index is 12.9. The van der Waals surface area contributed by atoms with Crippen molar-refractivity contribution in [1.82, 2.24) is 5.16 Å². The van der Waals surface area contributed by atoms with Crippen LogP contribution in [-0.2, 0) is 22.6 Å². The third-order valence-corrected chi connectivity index (χ3v) is 7.77. The molecule has 1 aromatic heterocycles. The van der Waals surface area contributed by atoms with Crippen molar-refractivity contribution in [2.45, 2.75) is 38.2 Å². The molecule has 0 spiro atoms. The first-order chi connectivity index (χ1) is 19.4. The van der Waals surface area contributed by atoms with Gasteiger partial charge in [-0.05, 0) is 67.3 Å². The summed E-state index contributed by atoms with van der Waals surface area (Å²) in [6, 6.07) is 15.2. The third-order valence-electron chi connectivity index (χ3n) is 7.14. The molecule has 6 rings (SSSR count). The molecule has 10 heteroatoms. The van der Waals surface area contributed by atoms with E-state index in [1.807, 2.05) is 12.1 Å². The molecule has 3 aromatic carbocycles. The van der Waals surface area contributed by atoms with Gasteiger partial charge in [-0.15, -0.1) is 0 Å². The van der Waals surface area contributed by atoms with Crippen molar-refractivity contribution >= 4 is 46.5 Å². The standard InChI is InChI=1S/C30H24Cl2N2O6/c1-38-30(37)20-10-8-18(14-25(20)35)34-24-11-9-19(13-17(24)7-12-26(34)36)39-15-21-28(33-40-29(21)16-5-6-16)27-22(31)3-2-4-23(27)32/h2-4,8-11,13-14,16,35H,5-7,12,15H2,1H3. The molecule has 8 nitrogen and oxygen atoms in total. The number of phenolic OH excluding ortho intramolecular Hbond substituents is 1. The number of hydrogen-bond donors (Lipinski definition) is 1. The fourth-order valence-electron chi connectivity index (χ4n) is 4.99. The molecule has 1 fully saturated rings. The predicted molar refractivity (Wildman–Crippen MR) is 150 cm³/mol. The Hall–Kier alpha value is -4.01. The average molecular weight is 579 g/mol. The largest absolute Gasteiger partial charge is 0.507 e. The molecule has 40 heavy (non-hydrogen) atoms. The van der Waals surface area contributed by atoms with E-state index >= 15 is 0 Å². The van der Waals surface area contributed by atoms with E-state index in [2.05, 4.69) is 5.16 Å². The number of nitrogens with zero attached hydrogens (tertiary/aromatic N) is 2. The van der Waals surface area contributed by atoms with Gasteiger partial charge in [0.15, 0.2) is 0 Å². The highest BCUT2D eigenvalue weighted by atomic mass is 35.5. The van der Waals surface area contributed by atoms with Gasteiger partial charge < -0.3 is 19.1 Å². The zero-order valence-corrected chi connectivity index (χ0v) is 23.0. The fraction of sp³-hybridized carbons (Fsp3) is 0.233. The van der Waals surface area contributed by atoms with Crippen molar-refractivity contribution in [3.63, 3.8) is 0 Å². The Morgan fingerprint density at radius 2 is 1.88 bits per heavy atom. The van der Waals surface area contributed by atoms with E-state index in [9.17, 15) is 14.7 Å². The van der Waals surface area contributed by atoms with Crippen LogP contribution in [0.25, 0.3) is 11.3 Å². The molecule has 1 N–H and O–H groups in total. The van der Waals surface area contributed by atoms with Gasteiger partial charge in [0.2, 0.25) is 5.91 Å². The number of esters is 1. The lowest BCUT2D eigenvalue weighted by molar-refractivity contribution is -0.118. The zero-order valence-electron chi connectivity index (χ0n) is 21.4. The number of aromatic nitrogens is 1. The summed E-state index contributed by atoms with van der Waals surface area (Å²) < 4.78 is 16.7. The number of methoxy groups -OCH3 is 1. The first-order valence-electron chi connectivity index (χ1n) is 12.8. The lowest BCUT2D eigenvalue weighted by atomic mass is 9.99. The van der Waals surface area contributed by atoms with Gasteiger partial charge in [0.05, 0.1) is 34.1 Å². The molecule has 1 amide bonds. The summed E-state index contributed by atoms with van der Waals surface area (Å²) in [6.45, 7) is 0.205. The molecule has 204 valence electrons. The molecule has 1 saturated carbocycles. The van der Waals surface area contributed by atoms with E-state index < -0.39 is 5.97 Å². The second-order valence-corrected chi connectivity index (χ2v) is 10.6. The molecule has 2 aliphatic rings. The number of anilines is 2. The number of rotatable bonds is 7. The minimum absolute atomic E-state index is 0.0245. The number of phenols is 1. The number of fused-ring (bicyclic) bond motifs is 1. The van der Waals surface area contributed by atoms with Gasteiger partial charge in [-0.3, -0.25) is 9.69 Å². The first kappa shape index (κ1) is 26.2. The van der Waals surface area contributed by atoms with Crippen molar-refractivity contribution in [2.24, 2.45) is 0 Å². The van der Waals surface area contributed by atoms with Gasteiger partial charge in [-0.25, -0.2) is 4.79 Å². The van der Waals surface area contributed by atoms with Crippen molar-refractivity contribution in [3.8, 4) is 22.8 Å². The van der Waals surface area contributed by atoms with Crippen LogP contribution in [0.15, 0.2) is 59.1 Å². The van der Waals surface area contributed by atoms with Gasteiger partial charge in [0.25, 0.3) is 0 Å². The van der Waals surface area contributed by atoms with Crippen LogP contribution in [0, 0.1) is 0 Å². The summed E-state index contributed by atoms with van der Waals surface area (Å²) in [6.07, 6.45) is 2.87. The highest BCUT2D eigenvalue weighted by Crippen LogP contribution is 2.46. The molecule has 0 saturated heterocycles. The van der Waals surface area contributed by atoms with Gasteiger partial charge in [0.1, 0.15) is 35.1 Å². The number of halogens is 2. The SMILES string of the molecule is COC(=O)c1ccc(N2C(=O)CCc3cc(OCc4c(-c5c(Cl)cccc5Cl)noc4C4CC4)ccc32)cc1O. The highest BCUT2D eigenvalue weighted by Gasteiger charge is 2.34. The number of benzene rings is 3. The number of hydrogen-bond acceptors (Lipinski definition) is 7. The van der Waals surface area contributed by atoms with Gasteiger partial charge in [-0.1, -0.05) is 34.4 Å². The van der Waals surface area contributed by atoms with Gasteiger partial charge >= 0.3 is 5.97 Å². The number of amides is 1. The monoisotopic (exact) mass is 578 g/mol. The Morgan fingerprint density at radius 1 is 1.10 bits per heavy atom. The van der Waals surface area contributed by atoms with Crippen LogP contribution in [0.3, 0.4) is 0 Å². The molecule has 0 unspecified atom stereocenters. The topological polar surface area (TPSA) is 102 Å². The summed E-state index contributed by atoms with van der Waals surface area (Å²) in [5.74, 6) is 0.664. The first-order valence-corrected chi connectivity index (χ1v) is 13.5. The maximum Gasteiger partial charge on any atom is 0.341 e. The molecular formula is C30H24Cl2N2O6. The van der Waals surface area contributed by atoms with Crippen LogP contribution >= 0.6 is 23.2 Å². The average Bonchev–Trinajstić information content (AvgIpc) is 3.71. The summed E-state index contributed by atoms with van der Waals surface area (Å²) in [5.41, 5.74) is 4.06.